The van der Waals surface area contributed by atoms with Crippen LogP contribution in [0.1, 0.15) is 37.3 Å². The Bertz CT molecular complexity index is 1140. The second kappa shape index (κ2) is 11.2. The van der Waals surface area contributed by atoms with Crippen LogP contribution in [0.5, 0.6) is 5.75 Å². The van der Waals surface area contributed by atoms with E-state index in [1.54, 1.807) is 30.3 Å². The summed E-state index contributed by atoms with van der Waals surface area (Å²) in [6, 6.07) is 12.3. The average molecular weight is 531 g/mol. The van der Waals surface area contributed by atoms with Gasteiger partial charge >= 0.3 is 5.97 Å². The van der Waals surface area contributed by atoms with Crippen molar-refractivity contribution < 1.29 is 19.4 Å². The maximum Gasteiger partial charge on any atom is 0.302 e. The summed E-state index contributed by atoms with van der Waals surface area (Å²) < 4.78 is 5.89. The average Bonchev–Trinajstić information content (AvgIpc) is 2.81. The number of rotatable bonds is 7. The third-order valence-electron chi connectivity index (χ3n) is 7.45. The number of carbonyl (C=O) groups is 2. The topological polar surface area (TPSA) is 78.9 Å². The molecule has 8 heteroatoms. The van der Waals surface area contributed by atoms with Gasteiger partial charge in [0.2, 0.25) is 5.91 Å². The Hall–Kier alpha value is -2.54. The van der Waals surface area contributed by atoms with Crippen molar-refractivity contribution >= 4 is 35.1 Å². The van der Waals surface area contributed by atoms with E-state index in [1.807, 2.05) is 18.2 Å². The molecule has 2 aromatic carbocycles. The number of benzene rings is 2. The zero-order valence-corrected chi connectivity index (χ0v) is 21.9. The number of piperidine rings is 1. The second-order valence-corrected chi connectivity index (χ2v) is 10.7. The van der Waals surface area contributed by atoms with Gasteiger partial charge in [0.15, 0.2) is 0 Å². The highest BCUT2D eigenvalue weighted by Crippen LogP contribution is 2.50. The first-order valence-electron chi connectivity index (χ1n) is 12.2. The van der Waals surface area contributed by atoms with Gasteiger partial charge in [0.05, 0.1) is 16.5 Å². The molecule has 2 N–H and O–H groups in total. The summed E-state index contributed by atoms with van der Waals surface area (Å²) in [5.41, 5.74) is 1.41. The first kappa shape index (κ1) is 26.5. The monoisotopic (exact) mass is 530 g/mol. The lowest BCUT2D eigenvalue weighted by atomic mass is 9.57. The predicted molar refractivity (Wildman–Crippen MR) is 141 cm³/mol. The quantitative estimate of drug-likeness (QED) is 0.393. The normalized spacial score (nSPS) is 26.0. The third-order valence-corrected chi connectivity index (χ3v) is 8.19. The summed E-state index contributed by atoms with van der Waals surface area (Å²) in [4.78, 5) is 27.5. The van der Waals surface area contributed by atoms with Crippen LogP contribution >= 0.6 is 23.2 Å². The van der Waals surface area contributed by atoms with Crippen LogP contribution < -0.4 is 5.32 Å². The van der Waals surface area contributed by atoms with E-state index in [9.17, 15) is 14.7 Å². The van der Waals surface area contributed by atoms with Gasteiger partial charge in [0, 0.05) is 43.8 Å². The van der Waals surface area contributed by atoms with E-state index in [1.165, 1.54) is 6.92 Å². The lowest BCUT2D eigenvalue weighted by Gasteiger charge is -2.55. The van der Waals surface area contributed by atoms with Crippen LogP contribution in [0.4, 0.5) is 0 Å². The molecule has 2 fully saturated rings. The van der Waals surface area contributed by atoms with Crippen molar-refractivity contribution in [2.24, 2.45) is 5.92 Å². The lowest BCUT2D eigenvalue weighted by molar-refractivity contribution is -0.157. The standard InChI is InChI=1S/C28H32Cl2N2O4/c1-3-10-32-11-9-28(20-5-4-6-22(34)14-20)16-21(15-26(23(28)17-32)36-18(2)33)31-27(35)13-19-7-8-24(29)25(30)12-19/h3-8,12,14,21,23,26,34H,1,9-11,13,15-17H2,2H3,(H,31,35)/t21-,23+,26?,28+/m1/s1. The van der Waals surface area contributed by atoms with Gasteiger partial charge < -0.3 is 15.2 Å². The number of hydrogen-bond acceptors (Lipinski definition) is 5. The number of esters is 1. The van der Waals surface area contributed by atoms with Crippen LogP contribution in [0.3, 0.4) is 0 Å². The van der Waals surface area contributed by atoms with Crippen molar-refractivity contribution in [3.63, 3.8) is 0 Å². The molecule has 1 saturated carbocycles. The number of halogens is 2. The third kappa shape index (κ3) is 5.88. The van der Waals surface area contributed by atoms with Gasteiger partial charge in [-0.05, 0) is 54.8 Å². The summed E-state index contributed by atoms with van der Waals surface area (Å²) in [7, 11) is 0. The van der Waals surface area contributed by atoms with Crippen LogP contribution in [-0.4, -0.2) is 53.7 Å². The molecule has 2 aromatic rings. The molecular formula is C28H32Cl2N2O4. The predicted octanol–water partition coefficient (Wildman–Crippen LogP) is 4.90. The van der Waals surface area contributed by atoms with E-state index in [-0.39, 0.29) is 47.5 Å². The number of nitrogens with zero attached hydrogens (tertiary/aromatic N) is 1. The minimum atomic E-state index is -0.374. The zero-order chi connectivity index (χ0) is 25.9. The molecule has 0 bridgehead atoms. The first-order chi connectivity index (χ1) is 17.2. The molecule has 1 amide bonds. The highest BCUT2D eigenvalue weighted by molar-refractivity contribution is 6.42. The van der Waals surface area contributed by atoms with Crippen LogP contribution in [0.15, 0.2) is 55.1 Å². The summed E-state index contributed by atoms with van der Waals surface area (Å²) in [6.45, 7) is 7.64. The van der Waals surface area contributed by atoms with E-state index in [4.69, 9.17) is 27.9 Å². The maximum absolute atomic E-state index is 13.0. The van der Waals surface area contributed by atoms with Crippen molar-refractivity contribution in [1.29, 1.82) is 0 Å². The molecular weight excluding hydrogens is 499 g/mol. The molecule has 1 aliphatic carbocycles. The molecule has 0 aromatic heterocycles. The van der Waals surface area contributed by atoms with Crippen molar-refractivity contribution in [3.05, 3.63) is 76.3 Å². The Labute approximate surface area is 222 Å². The molecule has 1 aliphatic heterocycles. The number of carbonyl (C=O) groups excluding carboxylic acids is 2. The number of amides is 1. The Morgan fingerprint density at radius 2 is 2.06 bits per heavy atom. The first-order valence-corrected chi connectivity index (χ1v) is 13.0. The van der Waals surface area contributed by atoms with Gasteiger partial charge in [0.1, 0.15) is 11.9 Å². The summed E-state index contributed by atoms with van der Waals surface area (Å²) in [5.74, 6) is -0.258. The van der Waals surface area contributed by atoms with Crippen LogP contribution in [0.25, 0.3) is 0 Å². The van der Waals surface area contributed by atoms with Gasteiger partial charge in [0.25, 0.3) is 0 Å². The summed E-state index contributed by atoms with van der Waals surface area (Å²) in [5, 5.41) is 14.3. The van der Waals surface area contributed by atoms with E-state index < -0.39 is 0 Å². The van der Waals surface area contributed by atoms with Gasteiger partial charge in [-0.2, -0.15) is 0 Å². The fraction of sp³-hybridized carbons (Fsp3) is 0.429. The van der Waals surface area contributed by atoms with E-state index in [0.29, 0.717) is 22.9 Å². The molecule has 1 saturated heterocycles. The zero-order valence-electron chi connectivity index (χ0n) is 20.4. The molecule has 6 nitrogen and oxygen atoms in total. The minimum absolute atomic E-state index is 0.0140. The van der Waals surface area contributed by atoms with Gasteiger partial charge in [-0.3, -0.25) is 14.5 Å². The fourth-order valence-electron chi connectivity index (χ4n) is 5.99. The molecule has 0 radical (unpaired) electrons. The molecule has 2 aliphatic rings. The Kier molecular flexibility index (Phi) is 8.28. The molecule has 0 spiro atoms. The van der Waals surface area contributed by atoms with Crippen molar-refractivity contribution in [3.8, 4) is 5.75 Å². The van der Waals surface area contributed by atoms with E-state index in [0.717, 1.165) is 37.2 Å². The van der Waals surface area contributed by atoms with Crippen molar-refractivity contribution in [1.82, 2.24) is 10.2 Å². The Morgan fingerprint density at radius 3 is 2.75 bits per heavy atom. The number of phenolic OH excluding ortho intramolecular Hbond substituents is 1. The number of likely N-dealkylation sites (tertiary alicyclic amines) is 1. The van der Waals surface area contributed by atoms with Crippen LogP contribution in [0.2, 0.25) is 10.0 Å². The molecule has 4 atom stereocenters. The minimum Gasteiger partial charge on any atom is -0.508 e. The van der Waals surface area contributed by atoms with Crippen molar-refractivity contribution in [2.45, 2.75) is 50.2 Å². The number of aromatic hydroxyl groups is 1. The number of nitrogens with one attached hydrogen (secondary N) is 1. The Morgan fingerprint density at radius 1 is 1.25 bits per heavy atom. The van der Waals surface area contributed by atoms with Gasteiger partial charge in [-0.25, -0.2) is 0 Å². The summed E-state index contributed by atoms with van der Waals surface area (Å²) in [6.07, 6.45) is 3.71. The maximum atomic E-state index is 13.0. The van der Waals surface area contributed by atoms with Crippen LogP contribution in [0, 0.1) is 5.92 Å². The molecule has 1 heterocycles. The SMILES string of the molecule is C=CCN1CC[C@@]2(c3cccc(O)c3)C[C@H](NC(=O)Cc3ccc(Cl)c(Cl)c3)CC(OC(C)=O)[C@@H]2C1. The Balaban J connectivity index is 1.63. The second-order valence-electron chi connectivity index (χ2n) is 9.89. The highest BCUT2D eigenvalue weighted by Gasteiger charge is 2.53. The lowest BCUT2D eigenvalue weighted by Crippen LogP contribution is -2.61. The molecule has 4 rings (SSSR count). The fourth-order valence-corrected chi connectivity index (χ4v) is 6.31. The highest BCUT2D eigenvalue weighted by atomic mass is 35.5. The van der Waals surface area contributed by atoms with Crippen molar-refractivity contribution in [2.75, 3.05) is 19.6 Å². The number of hydrogen-bond donors (Lipinski definition) is 2. The smallest absolute Gasteiger partial charge is 0.302 e. The number of fused-ring (bicyclic) bond motifs is 1. The van der Waals surface area contributed by atoms with Gasteiger partial charge in [-0.15, -0.1) is 6.58 Å². The van der Waals surface area contributed by atoms with Crippen LogP contribution in [-0.2, 0) is 26.2 Å². The largest absolute Gasteiger partial charge is 0.508 e. The summed E-state index contributed by atoms with van der Waals surface area (Å²) >= 11 is 12.1. The van der Waals surface area contributed by atoms with E-state index >= 15 is 0 Å². The van der Waals surface area contributed by atoms with E-state index in [2.05, 4.69) is 16.8 Å². The number of phenols is 1. The molecule has 1 unspecified atom stereocenters. The van der Waals surface area contributed by atoms with Gasteiger partial charge in [-0.1, -0.05) is 47.5 Å². The molecule has 36 heavy (non-hydrogen) atoms. The number of ether oxygens (including phenoxy) is 1. The molecule has 192 valence electrons.